The molecule has 1 amide bonds. The fourth-order valence-electron chi connectivity index (χ4n) is 3.03. The molecule has 4 aromatic rings. The number of amides is 1. The Morgan fingerprint density at radius 1 is 1.15 bits per heavy atom. The van der Waals surface area contributed by atoms with E-state index in [9.17, 15) is 4.79 Å². The topological polar surface area (TPSA) is 85.8 Å². The van der Waals surface area contributed by atoms with Crippen LogP contribution in [-0.4, -0.2) is 20.7 Å². The van der Waals surface area contributed by atoms with Gasteiger partial charge in [0.05, 0.1) is 22.5 Å². The summed E-state index contributed by atoms with van der Waals surface area (Å²) in [4.78, 5) is 16.4. The summed E-state index contributed by atoms with van der Waals surface area (Å²) < 4.78 is 1.88. The molecule has 6 heteroatoms. The predicted octanol–water partition coefficient (Wildman–Crippen LogP) is 3.96. The van der Waals surface area contributed by atoms with Gasteiger partial charge in [0.15, 0.2) is 0 Å². The number of anilines is 2. The lowest BCUT2D eigenvalue weighted by atomic mass is 10.0. The number of aryl methyl sites for hydroxylation is 1. The van der Waals surface area contributed by atoms with Crippen molar-refractivity contribution in [2.45, 2.75) is 13.5 Å². The van der Waals surface area contributed by atoms with Crippen LogP contribution in [-0.2, 0) is 6.54 Å². The molecule has 3 N–H and O–H groups in total. The maximum absolute atomic E-state index is 12.0. The van der Waals surface area contributed by atoms with Crippen molar-refractivity contribution in [3.05, 3.63) is 72.6 Å². The second-order valence-corrected chi connectivity index (χ2v) is 6.19. The number of primary amides is 1. The number of aromatic nitrogens is 3. The van der Waals surface area contributed by atoms with Gasteiger partial charge >= 0.3 is 0 Å². The van der Waals surface area contributed by atoms with Crippen LogP contribution in [0.5, 0.6) is 0 Å². The maximum atomic E-state index is 12.0. The molecule has 0 spiro atoms. The number of carbonyl (C=O) groups excluding carboxylic acids is 1. The summed E-state index contributed by atoms with van der Waals surface area (Å²) in [6.45, 7) is 2.85. The van der Waals surface area contributed by atoms with Crippen LogP contribution in [0.1, 0.15) is 17.3 Å². The summed E-state index contributed by atoms with van der Waals surface area (Å²) in [5.74, 6) is -0.525. The number of rotatable bonds is 5. The highest BCUT2D eigenvalue weighted by molar-refractivity contribution is 6.08. The Kier molecular flexibility index (Phi) is 4.30. The van der Waals surface area contributed by atoms with Crippen LogP contribution in [0.3, 0.4) is 0 Å². The number of carbonyl (C=O) groups is 1. The summed E-state index contributed by atoms with van der Waals surface area (Å²) in [5, 5.41) is 8.70. The zero-order valence-electron chi connectivity index (χ0n) is 14.9. The van der Waals surface area contributed by atoms with Gasteiger partial charge in [-0.3, -0.25) is 14.5 Å². The van der Waals surface area contributed by atoms with E-state index in [1.807, 2.05) is 72.4 Å². The number of nitrogens with two attached hydrogens (primary N) is 1. The average molecular weight is 357 g/mol. The Hall–Kier alpha value is -3.67. The quantitative estimate of drug-likeness (QED) is 0.566. The lowest BCUT2D eigenvalue weighted by Gasteiger charge is -2.14. The van der Waals surface area contributed by atoms with Gasteiger partial charge in [0.1, 0.15) is 0 Å². The molecular weight excluding hydrogens is 338 g/mol. The molecule has 0 unspecified atom stereocenters. The van der Waals surface area contributed by atoms with Gasteiger partial charge in [-0.1, -0.05) is 24.3 Å². The van der Waals surface area contributed by atoms with Crippen molar-refractivity contribution in [1.29, 1.82) is 0 Å². The largest absolute Gasteiger partial charge is 0.365 e. The standard InChI is InChI=1S/C21H19N5O/c1-2-26-11-10-18(25-26)14-8-9-19-16(12-14)20(17(13-23-19)21(22)27)24-15-6-4-3-5-7-15/h3-13H,2H2,1H3,(H2,22,27)(H,23,24). The van der Waals surface area contributed by atoms with E-state index in [1.54, 1.807) is 0 Å². The van der Waals surface area contributed by atoms with Gasteiger partial charge in [0, 0.05) is 35.6 Å². The van der Waals surface area contributed by atoms with Crippen LogP contribution in [0, 0.1) is 0 Å². The molecule has 0 bridgehead atoms. The number of fused-ring (bicyclic) bond motifs is 1. The van der Waals surface area contributed by atoms with Crippen LogP contribution >= 0.6 is 0 Å². The van der Waals surface area contributed by atoms with E-state index in [0.717, 1.165) is 34.4 Å². The minimum atomic E-state index is -0.525. The molecular formula is C21H19N5O. The zero-order valence-corrected chi connectivity index (χ0v) is 14.9. The summed E-state index contributed by atoms with van der Waals surface area (Å²) in [6.07, 6.45) is 3.46. The number of hydrogen-bond acceptors (Lipinski definition) is 4. The molecule has 0 fully saturated rings. The Morgan fingerprint density at radius 3 is 2.67 bits per heavy atom. The van der Waals surface area contributed by atoms with Gasteiger partial charge in [0.2, 0.25) is 0 Å². The van der Waals surface area contributed by atoms with Crippen LogP contribution in [0.25, 0.3) is 22.2 Å². The number of para-hydroxylation sites is 1. The molecule has 134 valence electrons. The lowest BCUT2D eigenvalue weighted by Crippen LogP contribution is -2.14. The van der Waals surface area contributed by atoms with Crippen molar-refractivity contribution in [2.24, 2.45) is 5.73 Å². The maximum Gasteiger partial charge on any atom is 0.252 e. The van der Waals surface area contributed by atoms with Gasteiger partial charge in [-0.2, -0.15) is 5.10 Å². The molecule has 0 aliphatic rings. The smallest absolute Gasteiger partial charge is 0.252 e. The summed E-state index contributed by atoms with van der Waals surface area (Å²) >= 11 is 0. The fraction of sp³-hybridized carbons (Fsp3) is 0.0952. The molecule has 6 nitrogen and oxygen atoms in total. The summed E-state index contributed by atoms with van der Waals surface area (Å²) in [5.41, 5.74) is 10.1. The van der Waals surface area contributed by atoms with E-state index < -0.39 is 5.91 Å². The Labute approximate surface area is 156 Å². The van der Waals surface area contributed by atoms with Crippen molar-refractivity contribution in [3.63, 3.8) is 0 Å². The molecule has 2 aromatic carbocycles. The highest BCUT2D eigenvalue weighted by Gasteiger charge is 2.15. The molecule has 2 aromatic heterocycles. The van der Waals surface area contributed by atoms with Gasteiger partial charge < -0.3 is 11.1 Å². The van der Waals surface area contributed by atoms with Crippen LogP contribution < -0.4 is 11.1 Å². The average Bonchev–Trinajstić information content (AvgIpc) is 3.18. The van der Waals surface area contributed by atoms with Crippen molar-refractivity contribution in [2.75, 3.05) is 5.32 Å². The Morgan fingerprint density at radius 2 is 1.96 bits per heavy atom. The molecule has 0 aliphatic carbocycles. The van der Waals surface area contributed by atoms with E-state index in [4.69, 9.17) is 5.73 Å². The first-order valence-corrected chi connectivity index (χ1v) is 8.74. The molecule has 0 aliphatic heterocycles. The Balaban J connectivity index is 1.89. The second kappa shape index (κ2) is 6.92. The van der Waals surface area contributed by atoms with Crippen molar-refractivity contribution in [3.8, 4) is 11.3 Å². The van der Waals surface area contributed by atoms with E-state index in [2.05, 4.69) is 15.4 Å². The highest BCUT2D eigenvalue weighted by Crippen LogP contribution is 2.32. The van der Waals surface area contributed by atoms with Crippen LogP contribution in [0.2, 0.25) is 0 Å². The number of hydrogen-bond donors (Lipinski definition) is 2. The second-order valence-electron chi connectivity index (χ2n) is 6.19. The third-order valence-electron chi connectivity index (χ3n) is 4.44. The minimum absolute atomic E-state index is 0.350. The van der Waals surface area contributed by atoms with Crippen molar-refractivity contribution in [1.82, 2.24) is 14.8 Å². The first-order valence-electron chi connectivity index (χ1n) is 8.74. The third kappa shape index (κ3) is 3.25. The van der Waals surface area contributed by atoms with Crippen LogP contribution in [0.15, 0.2) is 67.0 Å². The Bertz CT molecular complexity index is 1120. The van der Waals surface area contributed by atoms with Crippen molar-refractivity contribution < 1.29 is 4.79 Å². The molecule has 2 heterocycles. The monoisotopic (exact) mass is 357 g/mol. The molecule has 27 heavy (non-hydrogen) atoms. The van der Waals surface area contributed by atoms with Crippen LogP contribution in [0.4, 0.5) is 11.4 Å². The first-order chi connectivity index (χ1) is 13.2. The fourth-order valence-corrected chi connectivity index (χ4v) is 3.03. The van der Waals surface area contributed by atoms with Gasteiger partial charge in [0.25, 0.3) is 5.91 Å². The van der Waals surface area contributed by atoms with E-state index in [-0.39, 0.29) is 0 Å². The van der Waals surface area contributed by atoms with E-state index >= 15 is 0 Å². The molecule has 0 saturated carbocycles. The predicted molar refractivity (Wildman–Crippen MR) is 107 cm³/mol. The van der Waals surface area contributed by atoms with Gasteiger partial charge in [-0.05, 0) is 37.3 Å². The minimum Gasteiger partial charge on any atom is -0.365 e. The summed E-state index contributed by atoms with van der Waals surface area (Å²) in [6, 6.07) is 17.5. The molecule has 4 rings (SSSR count). The number of benzene rings is 2. The molecule has 0 saturated heterocycles. The highest BCUT2D eigenvalue weighted by atomic mass is 16.1. The van der Waals surface area contributed by atoms with E-state index in [0.29, 0.717) is 11.3 Å². The number of nitrogens with one attached hydrogen (secondary N) is 1. The molecule has 0 atom stereocenters. The normalized spacial score (nSPS) is 10.9. The first kappa shape index (κ1) is 16.8. The van der Waals surface area contributed by atoms with Gasteiger partial charge in [-0.15, -0.1) is 0 Å². The summed E-state index contributed by atoms with van der Waals surface area (Å²) in [7, 11) is 0. The zero-order chi connectivity index (χ0) is 18.8. The van der Waals surface area contributed by atoms with Crippen molar-refractivity contribution >= 4 is 28.2 Å². The number of pyridine rings is 1. The number of nitrogens with zero attached hydrogens (tertiary/aromatic N) is 3. The van der Waals surface area contributed by atoms with E-state index in [1.165, 1.54) is 6.20 Å². The van der Waals surface area contributed by atoms with Gasteiger partial charge in [-0.25, -0.2) is 0 Å². The SMILES string of the molecule is CCn1ccc(-c2ccc3ncc(C(N)=O)c(Nc4ccccc4)c3c2)n1. The lowest BCUT2D eigenvalue weighted by molar-refractivity contribution is 0.100. The molecule has 0 radical (unpaired) electrons. The third-order valence-corrected chi connectivity index (χ3v) is 4.44.